The molecule has 3 rings (SSSR count). The fourth-order valence-electron chi connectivity index (χ4n) is 4.49. The summed E-state index contributed by atoms with van der Waals surface area (Å²) in [6.07, 6.45) is 2.56. The van der Waals surface area contributed by atoms with Crippen molar-refractivity contribution in [3.63, 3.8) is 0 Å². The van der Waals surface area contributed by atoms with E-state index in [0.717, 1.165) is 70.6 Å². The summed E-state index contributed by atoms with van der Waals surface area (Å²) in [4.78, 5) is 12.6. The summed E-state index contributed by atoms with van der Waals surface area (Å²) in [6.45, 7) is 16.2. The van der Waals surface area contributed by atoms with Crippen LogP contribution in [0.5, 0.6) is 5.75 Å². The van der Waals surface area contributed by atoms with Crippen LogP contribution in [0.1, 0.15) is 38.3 Å². The molecule has 7 heteroatoms. The highest BCUT2D eigenvalue weighted by Crippen LogP contribution is 2.27. The van der Waals surface area contributed by atoms with E-state index in [0.29, 0.717) is 6.04 Å². The summed E-state index contributed by atoms with van der Waals surface area (Å²) in [5.74, 6) is 1.83. The second-order valence-electron chi connectivity index (χ2n) is 8.45. The third kappa shape index (κ3) is 7.37. The zero-order chi connectivity index (χ0) is 21.9. The van der Waals surface area contributed by atoms with Crippen LogP contribution >= 0.6 is 0 Å². The minimum Gasteiger partial charge on any atom is -0.497 e. The van der Waals surface area contributed by atoms with Gasteiger partial charge in [-0.05, 0) is 57.1 Å². The number of guanidine groups is 1. The average Bonchev–Trinajstić information content (AvgIpc) is 3.34. The average molecular weight is 431 g/mol. The molecule has 0 radical (unpaired) electrons. The number of likely N-dealkylation sites (tertiary alicyclic amines) is 1. The fraction of sp³-hybridized carbons (Fsp3) is 0.708. The Kier molecular flexibility index (Phi) is 9.90. The second-order valence-corrected chi connectivity index (χ2v) is 8.45. The van der Waals surface area contributed by atoms with Gasteiger partial charge in [-0.15, -0.1) is 0 Å². The Balaban J connectivity index is 1.56. The van der Waals surface area contributed by atoms with Crippen molar-refractivity contribution in [3.05, 3.63) is 29.8 Å². The highest BCUT2D eigenvalue weighted by atomic mass is 16.5. The lowest BCUT2D eigenvalue weighted by atomic mass is 10.1. The molecule has 31 heavy (non-hydrogen) atoms. The Bertz CT molecular complexity index is 651. The minimum atomic E-state index is 0.311. The number of piperazine rings is 1. The molecular weight excluding hydrogens is 388 g/mol. The van der Waals surface area contributed by atoms with Gasteiger partial charge in [0.05, 0.1) is 19.7 Å². The Labute approximate surface area is 188 Å². The second kappa shape index (κ2) is 12.9. The summed E-state index contributed by atoms with van der Waals surface area (Å²) >= 11 is 0. The van der Waals surface area contributed by atoms with Gasteiger partial charge in [0.2, 0.25) is 0 Å². The van der Waals surface area contributed by atoms with Gasteiger partial charge in [-0.3, -0.25) is 14.8 Å². The van der Waals surface area contributed by atoms with Crippen molar-refractivity contribution in [1.82, 2.24) is 25.3 Å². The highest BCUT2D eigenvalue weighted by molar-refractivity contribution is 5.79. The summed E-state index contributed by atoms with van der Waals surface area (Å²) in [7, 11) is 1.72. The smallest absolute Gasteiger partial charge is 0.191 e. The van der Waals surface area contributed by atoms with E-state index >= 15 is 0 Å². The van der Waals surface area contributed by atoms with E-state index in [-0.39, 0.29) is 0 Å². The maximum Gasteiger partial charge on any atom is 0.191 e. The van der Waals surface area contributed by atoms with Crippen LogP contribution in [0, 0.1) is 0 Å². The molecule has 2 aliphatic rings. The lowest BCUT2D eigenvalue weighted by molar-refractivity contribution is 0.139. The van der Waals surface area contributed by atoms with Gasteiger partial charge in [-0.2, -0.15) is 0 Å². The molecule has 1 unspecified atom stereocenters. The molecule has 174 valence electrons. The van der Waals surface area contributed by atoms with E-state index < -0.39 is 0 Å². The molecule has 2 saturated heterocycles. The first-order valence-corrected chi connectivity index (χ1v) is 12.1. The highest BCUT2D eigenvalue weighted by Gasteiger charge is 2.23. The van der Waals surface area contributed by atoms with Crippen LogP contribution in [-0.2, 0) is 0 Å². The Morgan fingerprint density at radius 2 is 1.65 bits per heavy atom. The lowest BCUT2D eigenvalue weighted by Gasteiger charge is -2.34. The molecule has 0 amide bonds. The van der Waals surface area contributed by atoms with Crippen molar-refractivity contribution >= 4 is 5.96 Å². The standard InChI is InChI=1S/C24H42N6O/c1-4-25-24(26-12-15-29-18-16-28(5-2)17-19-29)27-20-23(30-13-6-7-14-30)21-8-10-22(31-3)11-9-21/h8-11,23H,4-7,12-20H2,1-3H3,(H2,25,26,27). The van der Waals surface area contributed by atoms with Crippen LogP contribution < -0.4 is 15.4 Å². The lowest BCUT2D eigenvalue weighted by Crippen LogP contribution is -2.49. The third-order valence-corrected chi connectivity index (χ3v) is 6.48. The number of aliphatic imine (C=N–C) groups is 1. The molecule has 2 fully saturated rings. The molecule has 0 aliphatic carbocycles. The van der Waals surface area contributed by atoms with Crippen molar-refractivity contribution in [2.24, 2.45) is 4.99 Å². The molecule has 0 spiro atoms. The number of ether oxygens (including phenoxy) is 1. The van der Waals surface area contributed by atoms with Crippen molar-refractivity contribution in [2.75, 3.05) is 79.1 Å². The van der Waals surface area contributed by atoms with E-state index in [2.05, 4.69) is 63.4 Å². The zero-order valence-electron chi connectivity index (χ0n) is 19.8. The zero-order valence-corrected chi connectivity index (χ0v) is 19.8. The topological polar surface area (TPSA) is 55.4 Å². The molecule has 1 aromatic carbocycles. The maximum atomic E-state index is 5.34. The fourth-order valence-corrected chi connectivity index (χ4v) is 4.49. The minimum absolute atomic E-state index is 0.311. The van der Waals surface area contributed by atoms with Gasteiger partial charge in [0.25, 0.3) is 0 Å². The molecule has 0 bridgehead atoms. The van der Waals surface area contributed by atoms with E-state index in [9.17, 15) is 0 Å². The van der Waals surface area contributed by atoms with Crippen LogP contribution in [-0.4, -0.2) is 99.8 Å². The predicted molar refractivity (Wildman–Crippen MR) is 129 cm³/mol. The molecular formula is C24H42N6O. The first-order valence-electron chi connectivity index (χ1n) is 12.1. The molecule has 0 saturated carbocycles. The first-order chi connectivity index (χ1) is 15.2. The molecule has 1 aromatic rings. The number of rotatable bonds is 10. The first kappa shape index (κ1) is 23.8. The van der Waals surface area contributed by atoms with Gasteiger partial charge in [0.15, 0.2) is 5.96 Å². The molecule has 7 nitrogen and oxygen atoms in total. The number of hydrogen-bond donors (Lipinski definition) is 2. The van der Waals surface area contributed by atoms with Gasteiger partial charge >= 0.3 is 0 Å². The monoisotopic (exact) mass is 430 g/mol. The summed E-state index contributed by atoms with van der Waals surface area (Å²) in [5.41, 5.74) is 1.32. The summed E-state index contributed by atoms with van der Waals surface area (Å²) < 4.78 is 5.34. The van der Waals surface area contributed by atoms with Crippen LogP contribution in [0.4, 0.5) is 0 Å². The summed E-state index contributed by atoms with van der Waals surface area (Å²) in [6, 6.07) is 8.81. The van der Waals surface area contributed by atoms with Crippen LogP contribution in [0.3, 0.4) is 0 Å². The quantitative estimate of drug-likeness (QED) is 0.438. The van der Waals surface area contributed by atoms with E-state index in [1.807, 2.05) is 0 Å². The number of methoxy groups -OCH3 is 1. The van der Waals surface area contributed by atoms with Gasteiger partial charge in [-0.25, -0.2) is 0 Å². The van der Waals surface area contributed by atoms with Gasteiger partial charge in [-0.1, -0.05) is 19.1 Å². The Hall–Kier alpha value is -1.83. The SMILES string of the molecule is CCNC(=NCC(c1ccc(OC)cc1)N1CCCC1)NCCN1CCN(CC)CC1. The number of likely N-dealkylation sites (N-methyl/N-ethyl adjacent to an activating group) is 1. The molecule has 2 heterocycles. The molecule has 0 aromatic heterocycles. The third-order valence-electron chi connectivity index (χ3n) is 6.48. The van der Waals surface area contributed by atoms with Crippen molar-refractivity contribution < 1.29 is 4.74 Å². The number of hydrogen-bond acceptors (Lipinski definition) is 5. The van der Waals surface area contributed by atoms with Crippen LogP contribution in [0.15, 0.2) is 29.3 Å². The molecule has 1 atom stereocenters. The number of nitrogens with one attached hydrogen (secondary N) is 2. The van der Waals surface area contributed by atoms with Crippen LogP contribution in [0.25, 0.3) is 0 Å². The van der Waals surface area contributed by atoms with Crippen LogP contribution in [0.2, 0.25) is 0 Å². The Morgan fingerprint density at radius 1 is 0.968 bits per heavy atom. The van der Waals surface area contributed by atoms with Crippen molar-refractivity contribution in [3.8, 4) is 5.75 Å². The van der Waals surface area contributed by atoms with E-state index in [1.165, 1.54) is 31.5 Å². The predicted octanol–water partition coefficient (Wildman–Crippen LogP) is 2.02. The summed E-state index contributed by atoms with van der Waals surface area (Å²) in [5, 5.41) is 6.98. The normalized spacial score (nSPS) is 20.0. The number of nitrogens with zero attached hydrogens (tertiary/aromatic N) is 4. The van der Waals surface area contributed by atoms with Gasteiger partial charge in [0.1, 0.15) is 5.75 Å². The molecule has 2 N–H and O–H groups in total. The maximum absolute atomic E-state index is 5.34. The molecule has 2 aliphatic heterocycles. The Morgan fingerprint density at radius 3 is 2.26 bits per heavy atom. The largest absolute Gasteiger partial charge is 0.497 e. The van der Waals surface area contributed by atoms with Gasteiger partial charge < -0.3 is 20.3 Å². The van der Waals surface area contributed by atoms with Gasteiger partial charge in [0, 0.05) is 45.8 Å². The van der Waals surface area contributed by atoms with Crippen molar-refractivity contribution in [1.29, 1.82) is 0 Å². The van der Waals surface area contributed by atoms with Crippen molar-refractivity contribution in [2.45, 2.75) is 32.7 Å². The van der Waals surface area contributed by atoms with E-state index in [1.54, 1.807) is 7.11 Å². The van der Waals surface area contributed by atoms with E-state index in [4.69, 9.17) is 9.73 Å². The number of benzene rings is 1.